The van der Waals surface area contributed by atoms with Gasteiger partial charge in [-0.2, -0.15) is 0 Å². The van der Waals surface area contributed by atoms with Crippen LogP contribution in [-0.4, -0.2) is 20.7 Å². The monoisotopic (exact) mass is 193 g/mol. The predicted octanol–water partition coefficient (Wildman–Crippen LogP) is 1.50. The Morgan fingerprint density at radius 2 is 1.58 bits per heavy atom. The van der Waals surface area contributed by atoms with Gasteiger partial charge in [0, 0.05) is 0 Å². The largest absolute Gasteiger partial charge is 0.218 e. The van der Waals surface area contributed by atoms with Crippen LogP contribution in [0.1, 0.15) is 39.5 Å². The molecular weight excluding hydrogens is 174 g/mol. The number of hydrogen-bond acceptors (Lipinski definition) is 2. The zero-order chi connectivity index (χ0) is 9.61. The van der Waals surface area contributed by atoms with Crippen LogP contribution in [0.2, 0.25) is 0 Å². The molecule has 0 amide bonds. The van der Waals surface area contributed by atoms with Crippen LogP contribution >= 0.6 is 0 Å². The van der Waals surface area contributed by atoms with Crippen LogP contribution in [0, 0.1) is 0 Å². The molecule has 4 heteroatoms. The maximum absolute atomic E-state index is 11.4. The first-order valence-corrected chi connectivity index (χ1v) is 6.05. The molecule has 0 radical (unpaired) electrons. The molecule has 0 saturated carbocycles. The average Bonchev–Trinajstić information content (AvgIpc) is 2.04. The highest BCUT2D eigenvalue weighted by molar-refractivity contribution is 7.90. The third-order valence-corrected chi connectivity index (χ3v) is 3.86. The predicted molar refractivity (Wildman–Crippen MR) is 51.6 cm³/mol. The molecule has 0 bridgehead atoms. The van der Waals surface area contributed by atoms with Crippen molar-refractivity contribution in [3.8, 4) is 0 Å². The van der Waals surface area contributed by atoms with E-state index in [0.29, 0.717) is 0 Å². The normalized spacial score (nSPS) is 12.3. The van der Waals surface area contributed by atoms with Crippen molar-refractivity contribution in [3.63, 3.8) is 0 Å². The fourth-order valence-corrected chi connectivity index (χ4v) is 2.69. The highest BCUT2D eigenvalue weighted by Crippen LogP contribution is 2.12. The van der Waals surface area contributed by atoms with Gasteiger partial charge >= 0.3 is 0 Å². The lowest BCUT2D eigenvalue weighted by atomic mass is 10.2. The van der Waals surface area contributed by atoms with Crippen LogP contribution in [-0.2, 0) is 10.0 Å². The maximum atomic E-state index is 11.4. The van der Waals surface area contributed by atoms with Crippen molar-refractivity contribution < 1.29 is 8.42 Å². The lowest BCUT2D eigenvalue weighted by molar-refractivity contribution is 0.547. The lowest BCUT2D eigenvalue weighted by Gasteiger charge is -2.14. The van der Waals surface area contributed by atoms with Crippen LogP contribution in [0.4, 0.5) is 0 Å². The Bertz CT molecular complexity index is 193. The molecule has 0 aromatic carbocycles. The van der Waals surface area contributed by atoms with E-state index in [1.165, 1.54) is 7.05 Å². The second kappa shape index (κ2) is 5.54. The average molecular weight is 193 g/mol. The van der Waals surface area contributed by atoms with Crippen molar-refractivity contribution in [2.24, 2.45) is 0 Å². The fourth-order valence-electron chi connectivity index (χ4n) is 1.27. The topological polar surface area (TPSA) is 46.2 Å². The molecule has 1 N–H and O–H groups in total. The first-order chi connectivity index (χ1) is 5.58. The number of hydrogen-bond donors (Lipinski definition) is 1. The maximum Gasteiger partial charge on any atom is 0.214 e. The molecule has 0 aromatic rings. The summed E-state index contributed by atoms with van der Waals surface area (Å²) < 4.78 is 25.1. The fraction of sp³-hybridized carbons (Fsp3) is 1.00. The summed E-state index contributed by atoms with van der Waals surface area (Å²) in [6.45, 7) is 4.02. The van der Waals surface area contributed by atoms with Gasteiger partial charge in [-0.3, -0.25) is 0 Å². The second-order valence-corrected chi connectivity index (χ2v) is 5.11. The smallest absolute Gasteiger partial charge is 0.214 e. The van der Waals surface area contributed by atoms with Gasteiger partial charge in [-0.15, -0.1) is 0 Å². The third-order valence-electron chi connectivity index (χ3n) is 1.94. The van der Waals surface area contributed by atoms with Crippen LogP contribution in [0.5, 0.6) is 0 Å². The van der Waals surface area contributed by atoms with Gasteiger partial charge in [0.05, 0.1) is 5.25 Å². The third kappa shape index (κ3) is 3.54. The van der Waals surface area contributed by atoms with Crippen LogP contribution in [0.3, 0.4) is 0 Å². The molecule has 0 saturated heterocycles. The molecule has 0 spiro atoms. The molecular formula is C8H19NO2S. The van der Waals surface area contributed by atoms with Gasteiger partial charge in [0.2, 0.25) is 10.0 Å². The Balaban J connectivity index is 4.28. The highest BCUT2D eigenvalue weighted by Gasteiger charge is 2.21. The minimum Gasteiger partial charge on any atom is -0.218 e. The Labute approximate surface area is 75.6 Å². The van der Waals surface area contributed by atoms with Crippen molar-refractivity contribution in [1.82, 2.24) is 4.72 Å². The van der Waals surface area contributed by atoms with E-state index >= 15 is 0 Å². The van der Waals surface area contributed by atoms with E-state index in [1.54, 1.807) is 0 Å². The summed E-state index contributed by atoms with van der Waals surface area (Å²) in [5.41, 5.74) is 0. The molecule has 0 atom stereocenters. The van der Waals surface area contributed by atoms with Crippen LogP contribution in [0.15, 0.2) is 0 Å². The summed E-state index contributed by atoms with van der Waals surface area (Å²) in [6, 6.07) is 0. The van der Waals surface area contributed by atoms with Crippen LogP contribution < -0.4 is 4.72 Å². The molecule has 0 aliphatic carbocycles. The summed E-state index contributed by atoms with van der Waals surface area (Å²) in [7, 11) is -1.55. The quantitative estimate of drug-likeness (QED) is 0.695. The van der Waals surface area contributed by atoms with Gasteiger partial charge in [0.15, 0.2) is 0 Å². The SMILES string of the molecule is CCCC(CCC)S(=O)(=O)NC. The Morgan fingerprint density at radius 1 is 1.17 bits per heavy atom. The van der Waals surface area contributed by atoms with Crippen molar-refractivity contribution >= 4 is 10.0 Å². The van der Waals surface area contributed by atoms with Crippen LogP contribution in [0.25, 0.3) is 0 Å². The van der Waals surface area contributed by atoms with Crippen molar-refractivity contribution in [3.05, 3.63) is 0 Å². The number of nitrogens with one attached hydrogen (secondary N) is 1. The van der Waals surface area contributed by atoms with E-state index in [0.717, 1.165) is 25.7 Å². The molecule has 0 aliphatic heterocycles. The summed E-state index contributed by atoms with van der Waals surface area (Å²) in [6.07, 6.45) is 3.37. The van der Waals surface area contributed by atoms with Crippen molar-refractivity contribution in [2.75, 3.05) is 7.05 Å². The van der Waals surface area contributed by atoms with E-state index in [-0.39, 0.29) is 5.25 Å². The van der Waals surface area contributed by atoms with E-state index < -0.39 is 10.0 Å². The molecule has 0 heterocycles. The molecule has 3 nitrogen and oxygen atoms in total. The molecule has 0 aliphatic rings. The summed E-state index contributed by atoms with van der Waals surface area (Å²) >= 11 is 0. The minimum atomic E-state index is -3.03. The Hall–Kier alpha value is -0.0900. The summed E-state index contributed by atoms with van der Waals surface area (Å²) in [5, 5.41) is -0.197. The van der Waals surface area contributed by atoms with E-state index in [9.17, 15) is 8.42 Å². The van der Waals surface area contributed by atoms with Gasteiger partial charge in [-0.1, -0.05) is 26.7 Å². The first kappa shape index (κ1) is 11.9. The zero-order valence-electron chi connectivity index (χ0n) is 8.13. The lowest BCUT2D eigenvalue weighted by Crippen LogP contribution is -2.31. The standard InChI is InChI=1S/C8H19NO2S/c1-4-6-8(7-5-2)12(10,11)9-3/h8-9H,4-7H2,1-3H3. The highest BCUT2D eigenvalue weighted by atomic mass is 32.2. The summed E-state index contributed by atoms with van der Waals surface area (Å²) in [5.74, 6) is 0. The number of rotatable bonds is 6. The van der Waals surface area contributed by atoms with E-state index in [2.05, 4.69) is 4.72 Å². The Morgan fingerprint density at radius 3 is 1.83 bits per heavy atom. The van der Waals surface area contributed by atoms with Gasteiger partial charge in [-0.25, -0.2) is 13.1 Å². The van der Waals surface area contributed by atoms with E-state index in [4.69, 9.17) is 0 Å². The van der Waals surface area contributed by atoms with Gasteiger partial charge in [0.25, 0.3) is 0 Å². The molecule has 0 aromatic heterocycles. The summed E-state index contributed by atoms with van der Waals surface area (Å²) in [4.78, 5) is 0. The second-order valence-electron chi connectivity index (χ2n) is 2.95. The molecule has 74 valence electrons. The minimum absolute atomic E-state index is 0.197. The first-order valence-electron chi connectivity index (χ1n) is 4.50. The molecule has 0 rings (SSSR count). The molecule has 0 fully saturated rings. The molecule has 0 unspecified atom stereocenters. The van der Waals surface area contributed by atoms with Gasteiger partial charge in [-0.05, 0) is 19.9 Å². The Kier molecular flexibility index (Phi) is 5.50. The number of sulfonamides is 1. The van der Waals surface area contributed by atoms with Crippen molar-refractivity contribution in [2.45, 2.75) is 44.8 Å². The van der Waals surface area contributed by atoms with Crippen molar-refractivity contribution in [1.29, 1.82) is 0 Å². The molecule has 12 heavy (non-hydrogen) atoms. The van der Waals surface area contributed by atoms with Gasteiger partial charge < -0.3 is 0 Å². The van der Waals surface area contributed by atoms with Gasteiger partial charge in [0.1, 0.15) is 0 Å². The van der Waals surface area contributed by atoms with E-state index in [1.807, 2.05) is 13.8 Å². The zero-order valence-corrected chi connectivity index (χ0v) is 8.95.